The Morgan fingerprint density at radius 2 is 2.07 bits per heavy atom. The minimum atomic E-state index is 0.785. The Hall–Kier alpha value is -1.75. The summed E-state index contributed by atoms with van der Waals surface area (Å²) in [7, 11) is 1.74. The number of nitrogens with zero attached hydrogens (tertiary/aromatic N) is 3. The lowest BCUT2D eigenvalue weighted by Crippen LogP contribution is -2.41. The van der Waals surface area contributed by atoms with Crippen LogP contribution in [0.15, 0.2) is 23.2 Å². The first-order valence-electron chi connectivity index (χ1n) is 10.6. The zero-order valence-corrected chi connectivity index (χ0v) is 17.3. The Labute approximate surface area is 164 Å². The van der Waals surface area contributed by atoms with Crippen LogP contribution in [0.1, 0.15) is 37.3 Å². The maximum Gasteiger partial charge on any atom is 0.193 e. The maximum atomic E-state index is 5.44. The number of rotatable bonds is 7. The smallest absolute Gasteiger partial charge is 0.193 e. The van der Waals surface area contributed by atoms with Crippen LogP contribution in [0.5, 0.6) is 5.75 Å². The third kappa shape index (κ3) is 5.61. The fraction of sp³-hybridized carbons (Fsp3) is 0.682. The number of nitrogens with one attached hydrogen (secondary N) is 1. The summed E-state index contributed by atoms with van der Waals surface area (Å²) in [6.07, 6.45) is 4.99. The monoisotopic (exact) mass is 372 g/mol. The quantitative estimate of drug-likeness (QED) is 0.590. The molecule has 5 heteroatoms. The van der Waals surface area contributed by atoms with Gasteiger partial charge in [-0.25, -0.2) is 0 Å². The molecule has 2 fully saturated rings. The summed E-state index contributed by atoms with van der Waals surface area (Å²) in [4.78, 5) is 10.0. The second kappa shape index (κ2) is 9.98. The standard InChI is InChI=1S/C22H36N4O/c1-4-23-22(24-11-9-19-8-7-18(2)21(15-19)27-3)26-14-10-20(17-26)16-25-12-5-6-13-25/h7-8,15,20H,4-6,9-14,16-17H2,1-3H3,(H,23,24). The molecule has 0 amide bonds. The highest BCUT2D eigenvalue weighted by molar-refractivity contribution is 5.80. The molecule has 27 heavy (non-hydrogen) atoms. The van der Waals surface area contributed by atoms with Gasteiger partial charge < -0.3 is 19.9 Å². The summed E-state index contributed by atoms with van der Waals surface area (Å²) in [5.41, 5.74) is 2.46. The molecule has 1 aromatic carbocycles. The highest BCUT2D eigenvalue weighted by Gasteiger charge is 2.27. The molecule has 0 radical (unpaired) electrons. The van der Waals surface area contributed by atoms with Gasteiger partial charge in [-0.1, -0.05) is 12.1 Å². The molecule has 0 bridgehead atoms. The number of guanidine groups is 1. The molecule has 1 unspecified atom stereocenters. The van der Waals surface area contributed by atoms with Crippen molar-refractivity contribution in [3.05, 3.63) is 29.3 Å². The molecule has 1 N–H and O–H groups in total. The Bertz CT molecular complexity index is 625. The predicted octanol–water partition coefficient (Wildman–Crippen LogP) is 2.93. The molecule has 2 aliphatic rings. The third-order valence-electron chi connectivity index (χ3n) is 5.77. The van der Waals surface area contributed by atoms with E-state index < -0.39 is 0 Å². The van der Waals surface area contributed by atoms with E-state index >= 15 is 0 Å². The number of methoxy groups -OCH3 is 1. The van der Waals surface area contributed by atoms with Crippen LogP contribution in [0, 0.1) is 12.8 Å². The summed E-state index contributed by atoms with van der Waals surface area (Å²) >= 11 is 0. The SMILES string of the molecule is CCNC(=NCCc1ccc(C)c(OC)c1)N1CCC(CN2CCCC2)C1. The molecule has 2 saturated heterocycles. The summed E-state index contributed by atoms with van der Waals surface area (Å²) in [5, 5.41) is 3.49. The van der Waals surface area contributed by atoms with Crippen LogP contribution in [0.2, 0.25) is 0 Å². The summed E-state index contributed by atoms with van der Waals surface area (Å²) in [6.45, 7) is 12.1. The number of aryl methyl sites for hydroxylation is 1. The van der Waals surface area contributed by atoms with Crippen LogP contribution >= 0.6 is 0 Å². The Morgan fingerprint density at radius 3 is 2.81 bits per heavy atom. The first-order valence-corrected chi connectivity index (χ1v) is 10.6. The van der Waals surface area contributed by atoms with Gasteiger partial charge >= 0.3 is 0 Å². The second-order valence-corrected chi connectivity index (χ2v) is 7.90. The largest absolute Gasteiger partial charge is 0.496 e. The van der Waals surface area contributed by atoms with Crippen molar-refractivity contribution in [2.75, 3.05) is 52.9 Å². The van der Waals surface area contributed by atoms with Gasteiger partial charge in [-0.15, -0.1) is 0 Å². The topological polar surface area (TPSA) is 40.1 Å². The molecule has 150 valence electrons. The van der Waals surface area contributed by atoms with Crippen LogP contribution in [0.25, 0.3) is 0 Å². The number of benzene rings is 1. The van der Waals surface area contributed by atoms with Crippen LogP contribution in [-0.4, -0.2) is 68.7 Å². The normalized spacial score (nSPS) is 21.1. The van der Waals surface area contributed by atoms with E-state index in [0.717, 1.165) is 50.2 Å². The first kappa shape index (κ1) is 20.0. The molecule has 2 heterocycles. The van der Waals surface area contributed by atoms with Crippen molar-refractivity contribution in [3.8, 4) is 5.75 Å². The van der Waals surface area contributed by atoms with Gasteiger partial charge in [-0.05, 0) is 75.7 Å². The third-order valence-corrected chi connectivity index (χ3v) is 5.77. The van der Waals surface area contributed by atoms with Crippen molar-refractivity contribution in [2.45, 2.75) is 39.5 Å². The molecule has 0 aliphatic carbocycles. The van der Waals surface area contributed by atoms with Gasteiger partial charge in [0.2, 0.25) is 0 Å². The van der Waals surface area contributed by atoms with Gasteiger partial charge in [-0.3, -0.25) is 4.99 Å². The number of aliphatic imine (C=N–C) groups is 1. The van der Waals surface area contributed by atoms with Gasteiger partial charge in [0, 0.05) is 32.7 Å². The second-order valence-electron chi connectivity index (χ2n) is 7.90. The molecular formula is C22H36N4O. The summed E-state index contributed by atoms with van der Waals surface area (Å²) in [6, 6.07) is 6.45. The molecule has 0 spiro atoms. The highest BCUT2D eigenvalue weighted by Crippen LogP contribution is 2.21. The lowest BCUT2D eigenvalue weighted by atomic mass is 10.1. The van der Waals surface area contributed by atoms with E-state index in [1.165, 1.54) is 50.0 Å². The Balaban J connectivity index is 1.53. The van der Waals surface area contributed by atoms with E-state index in [0.29, 0.717) is 0 Å². The highest BCUT2D eigenvalue weighted by atomic mass is 16.5. The van der Waals surface area contributed by atoms with Gasteiger partial charge in [-0.2, -0.15) is 0 Å². The van der Waals surface area contributed by atoms with Crippen molar-refractivity contribution in [3.63, 3.8) is 0 Å². The fourth-order valence-electron chi connectivity index (χ4n) is 4.24. The van der Waals surface area contributed by atoms with E-state index in [9.17, 15) is 0 Å². The first-order chi connectivity index (χ1) is 13.2. The summed E-state index contributed by atoms with van der Waals surface area (Å²) < 4.78 is 5.44. The van der Waals surface area contributed by atoms with E-state index in [4.69, 9.17) is 9.73 Å². The lowest BCUT2D eigenvalue weighted by Gasteiger charge is -2.23. The zero-order chi connectivity index (χ0) is 19.1. The minimum absolute atomic E-state index is 0.785. The minimum Gasteiger partial charge on any atom is -0.496 e. The molecule has 0 aromatic heterocycles. The average molecular weight is 373 g/mol. The molecule has 0 saturated carbocycles. The number of hydrogen-bond acceptors (Lipinski definition) is 3. The van der Waals surface area contributed by atoms with E-state index in [2.05, 4.69) is 47.2 Å². The van der Waals surface area contributed by atoms with E-state index in [1.54, 1.807) is 7.11 Å². The molecule has 1 atom stereocenters. The van der Waals surface area contributed by atoms with Crippen LogP contribution < -0.4 is 10.1 Å². The average Bonchev–Trinajstić information content (AvgIpc) is 3.35. The maximum absolute atomic E-state index is 5.44. The van der Waals surface area contributed by atoms with E-state index in [1.807, 2.05) is 0 Å². The van der Waals surface area contributed by atoms with Crippen molar-refractivity contribution in [1.29, 1.82) is 0 Å². The van der Waals surface area contributed by atoms with E-state index in [-0.39, 0.29) is 0 Å². The number of hydrogen-bond donors (Lipinski definition) is 1. The molecular weight excluding hydrogens is 336 g/mol. The van der Waals surface area contributed by atoms with Gasteiger partial charge in [0.05, 0.1) is 7.11 Å². The van der Waals surface area contributed by atoms with Gasteiger partial charge in [0.1, 0.15) is 5.75 Å². The van der Waals surface area contributed by atoms with Crippen molar-refractivity contribution in [2.24, 2.45) is 10.9 Å². The Morgan fingerprint density at radius 1 is 1.26 bits per heavy atom. The fourth-order valence-corrected chi connectivity index (χ4v) is 4.24. The summed E-state index contributed by atoms with van der Waals surface area (Å²) in [5.74, 6) is 2.83. The molecule has 3 rings (SSSR count). The Kier molecular flexibility index (Phi) is 7.39. The molecule has 5 nitrogen and oxygen atoms in total. The van der Waals surface area contributed by atoms with Crippen molar-refractivity contribution < 1.29 is 4.74 Å². The van der Waals surface area contributed by atoms with Crippen LogP contribution in [-0.2, 0) is 6.42 Å². The van der Waals surface area contributed by atoms with Crippen molar-refractivity contribution >= 4 is 5.96 Å². The van der Waals surface area contributed by atoms with Crippen LogP contribution in [0.3, 0.4) is 0 Å². The predicted molar refractivity (Wildman–Crippen MR) is 113 cm³/mol. The van der Waals surface area contributed by atoms with Gasteiger partial charge in [0.25, 0.3) is 0 Å². The zero-order valence-electron chi connectivity index (χ0n) is 17.3. The number of ether oxygens (including phenoxy) is 1. The molecule has 2 aliphatic heterocycles. The van der Waals surface area contributed by atoms with Gasteiger partial charge in [0.15, 0.2) is 5.96 Å². The van der Waals surface area contributed by atoms with Crippen molar-refractivity contribution in [1.82, 2.24) is 15.1 Å². The molecule has 1 aromatic rings. The number of likely N-dealkylation sites (tertiary alicyclic amines) is 2. The lowest BCUT2D eigenvalue weighted by molar-refractivity contribution is 0.281. The van der Waals surface area contributed by atoms with Crippen LogP contribution in [0.4, 0.5) is 0 Å².